The summed E-state index contributed by atoms with van der Waals surface area (Å²) in [4.78, 5) is 12.1. The first-order valence-electron chi connectivity index (χ1n) is 4.85. The highest BCUT2D eigenvalue weighted by molar-refractivity contribution is 9.10. The molecule has 1 heterocycles. The maximum Gasteiger partial charge on any atom is 0.339 e. The van der Waals surface area contributed by atoms with E-state index in [1.54, 1.807) is 23.5 Å². The lowest BCUT2D eigenvalue weighted by Crippen LogP contribution is -2.02. The molecule has 2 aromatic rings. The third-order valence-corrected chi connectivity index (χ3v) is 3.47. The molecule has 3 nitrogen and oxygen atoms in total. The van der Waals surface area contributed by atoms with Crippen LogP contribution in [0.2, 0.25) is 0 Å². The van der Waals surface area contributed by atoms with Crippen LogP contribution in [0, 0.1) is 0 Å². The number of hydrogen-bond donors (Lipinski definition) is 1. The van der Waals surface area contributed by atoms with Crippen LogP contribution in [0.15, 0.2) is 40.2 Å². The van der Waals surface area contributed by atoms with E-state index in [1.807, 2.05) is 17.5 Å². The van der Waals surface area contributed by atoms with Gasteiger partial charge in [0.1, 0.15) is 17.9 Å². The second-order valence-corrected chi connectivity index (χ2v) is 5.26. The number of carbonyl (C=O) groups is 1. The zero-order valence-electron chi connectivity index (χ0n) is 8.72. The van der Waals surface area contributed by atoms with Crippen molar-refractivity contribution in [1.82, 2.24) is 0 Å². The second-order valence-electron chi connectivity index (χ2n) is 3.31. The SMILES string of the molecule is O=C(O)c1cc(Br)ccc1OCc1cccs1. The standard InChI is InChI=1S/C12H9BrO3S/c13-8-3-4-11(10(6-8)12(14)15)16-7-9-2-1-5-17-9/h1-6H,7H2,(H,14,15). The first-order valence-corrected chi connectivity index (χ1v) is 6.52. The molecule has 0 aliphatic carbocycles. The van der Waals surface area contributed by atoms with Gasteiger partial charge in [0, 0.05) is 9.35 Å². The molecule has 1 aromatic heterocycles. The molecule has 0 unspecified atom stereocenters. The van der Waals surface area contributed by atoms with Crippen LogP contribution in [-0.4, -0.2) is 11.1 Å². The van der Waals surface area contributed by atoms with Gasteiger partial charge >= 0.3 is 5.97 Å². The summed E-state index contributed by atoms with van der Waals surface area (Å²) in [6.07, 6.45) is 0. The molecule has 5 heteroatoms. The summed E-state index contributed by atoms with van der Waals surface area (Å²) >= 11 is 4.82. The first-order chi connectivity index (χ1) is 8.16. The van der Waals surface area contributed by atoms with Gasteiger partial charge in [0.2, 0.25) is 0 Å². The smallest absolute Gasteiger partial charge is 0.339 e. The molecule has 0 radical (unpaired) electrons. The Morgan fingerprint density at radius 1 is 1.41 bits per heavy atom. The Morgan fingerprint density at radius 3 is 2.88 bits per heavy atom. The van der Waals surface area contributed by atoms with Crippen molar-refractivity contribution in [2.75, 3.05) is 0 Å². The van der Waals surface area contributed by atoms with Crippen LogP contribution >= 0.6 is 27.3 Å². The Morgan fingerprint density at radius 2 is 2.24 bits per heavy atom. The van der Waals surface area contributed by atoms with Gasteiger partial charge in [-0.05, 0) is 29.6 Å². The number of carboxylic acids is 1. The number of halogens is 1. The number of hydrogen-bond acceptors (Lipinski definition) is 3. The fourth-order valence-electron chi connectivity index (χ4n) is 1.34. The Bertz CT molecular complexity index is 523. The molecule has 17 heavy (non-hydrogen) atoms. The third kappa shape index (κ3) is 3.08. The summed E-state index contributed by atoms with van der Waals surface area (Å²) in [5, 5.41) is 11.0. The Labute approximate surface area is 111 Å². The topological polar surface area (TPSA) is 46.5 Å². The minimum absolute atomic E-state index is 0.163. The predicted octanol–water partition coefficient (Wildman–Crippen LogP) is 3.79. The van der Waals surface area contributed by atoms with Crippen LogP contribution in [0.1, 0.15) is 15.2 Å². The van der Waals surface area contributed by atoms with Crippen LogP contribution in [-0.2, 0) is 6.61 Å². The molecule has 0 fully saturated rings. The lowest BCUT2D eigenvalue weighted by Gasteiger charge is -2.08. The molecule has 88 valence electrons. The number of ether oxygens (including phenoxy) is 1. The van der Waals surface area contributed by atoms with Gasteiger partial charge < -0.3 is 9.84 Å². The van der Waals surface area contributed by atoms with Crippen molar-refractivity contribution in [3.63, 3.8) is 0 Å². The fraction of sp³-hybridized carbons (Fsp3) is 0.0833. The average Bonchev–Trinajstić information content (AvgIpc) is 2.80. The van der Waals surface area contributed by atoms with E-state index in [1.165, 1.54) is 6.07 Å². The van der Waals surface area contributed by atoms with Crippen molar-refractivity contribution in [2.24, 2.45) is 0 Å². The summed E-state index contributed by atoms with van der Waals surface area (Å²) in [5.74, 6) is -0.610. The molecular weight excluding hydrogens is 304 g/mol. The van der Waals surface area contributed by atoms with Crippen molar-refractivity contribution in [3.8, 4) is 5.75 Å². The van der Waals surface area contributed by atoms with Gasteiger partial charge in [0.15, 0.2) is 0 Å². The van der Waals surface area contributed by atoms with Gasteiger partial charge in [-0.25, -0.2) is 4.79 Å². The van der Waals surface area contributed by atoms with Crippen molar-refractivity contribution < 1.29 is 14.6 Å². The molecule has 0 atom stereocenters. The minimum Gasteiger partial charge on any atom is -0.487 e. The average molecular weight is 313 g/mol. The summed E-state index contributed by atoms with van der Waals surface area (Å²) in [6, 6.07) is 8.83. The van der Waals surface area contributed by atoms with Crippen molar-refractivity contribution in [3.05, 3.63) is 50.6 Å². The van der Waals surface area contributed by atoms with E-state index in [9.17, 15) is 4.79 Å². The molecular formula is C12H9BrO3S. The summed E-state index contributed by atoms with van der Waals surface area (Å²) in [5.41, 5.74) is 0.163. The number of carboxylic acid groups (broad SMARTS) is 1. The monoisotopic (exact) mass is 312 g/mol. The largest absolute Gasteiger partial charge is 0.487 e. The van der Waals surface area contributed by atoms with Crippen LogP contribution in [0.5, 0.6) is 5.75 Å². The highest BCUT2D eigenvalue weighted by atomic mass is 79.9. The molecule has 0 aliphatic rings. The molecule has 0 saturated heterocycles. The van der Waals surface area contributed by atoms with Crippen LogP contribution < -0.4 is 4.74 Å². The normalized spacial score (nSPS) is 10.2. The molecule has 0 spiro atoms. The Hall–Kier alpha value is -1.33. The molecule has 1 N–H and O–H groups in total. The number of benzene rings is 1. The van der Waals surface area contributed by atoms with Gasteiger partial charge in [-0.1, -0.05) is 22.0 Å². The van der Waals surface area contributed by atoms with E-state index in [4.69, 9.17) is 9.84 Å². The van der Waals surface area contributed by atoms with Gasteiger partial charge in [0.05, 0.1) is 0 Å². The third-order valence-electron chi connectivity index (χ3n) is 2.12. The Kier molecular flexibility index (Phi) is 3.81. The minimum atomic E-state index is -0.993. The zero-order chi connectivity index (χ0) is 12.3. The number of aromatic carboxylic acids is 1. The maximum absolute atomic E-state index is 11.0. The van der Waals surface area contributed by atoms with E-state index in [-0.39, 0.29) is 5.56 Å². The van der Waals surface area contributed by atoms with Crippen molar-refractivity contribution >= 4 is 33.2 Å². The second kappa shape index (κ2) is 5.33. The number of thiophene rings is 1. The Balaban J connectivity index is 2.17. The highest BCUT2D eigenvalue weighted by Crippen LogP contribution is 2.24. The molecule has 1 aromatic carbocycles. The first kappa shape index (κ1) is 12.1. The molecule has 0 amide bonds. The van der Waals surface area contributed by atoms with Gasteiger partial charge in [0.25, 0.3) is 0 Å². The predicted molar refractivity (Wildman–Crippen MR) is 69.8 cm³/mol. The van der Waals surface area contributed by atoms with Crippen LogP contribution in [0.4, 0.5) is 0 Å². The maximum atomic E-state index is 11.0. The number of rotatable bonds is 4. The lowest BCUT2D eigenvalue weighted by atomic mass is 10.2. The molecule has 0 aliphatic heterocycles. The van der Waals surface area contributed by atoms with Gasteiger partial charge in [-0.15, -0.1) is 11.3 Å². The van der Waals surface area contributed by atoms with Crippen molar-refractivity contribution in [2.45, 2.75) is 6.61 Å². The van der Waals surface area contributed by atoms with Crippen LogP contribution in [0.25, 0.3) is 0 Å². The van der Waals surface area contributed by atoms with Crippen molar-refractivity contribution in [1.29, 1.82) is 0 Å². The quantitative estimate of drug-likeness (QED) is 0.934. The fourth-order valence-corrected chi connectivity index (χ4v) is 2.32. The highest BCUT2D eigenvalue weighted by Gasteiger charge is 2.11. The summed E-state index contributed by atoms with van der Waals surface area (Å²) in [6.45, 7) is 0.388. The van der Waals surface area contributed by atoms with Gasteiger partial charge in [-0.3, -0.25) is 0 Å². The molecule has 2 rings (SSSR count). The van der Waals surface area contributed by atoms with Gasteiger partial charge in [-0.2, -0.15) is 0 Å². The van der Waals surface area contributed by atoms with E-state index >= 15 is 0 Å². The molecule has 0 saturated carbocycles. The lowest BCUT2D eigenvalue weighted by molar-refractivity contribution is 0.0691. The molecule has 0 bridgehead atoms. The summed E-state index contributed by atoms with van der Waals surface area (Å²) < 4.78 is 6.23. The zero-order valence-corrected chi connectivity index (χ0v) is 11.1. The van der Waals surface area contributed by atoms with E-state index in [2.05, 4.69) is 15.9 Å². The van der Waals surface area contributed by atoms with E-state index < -0.39 is 5.97 Å². The van der Waals surface area contributed by atoms with E-state index in [0.717, 1.165) is 9.35 Å². The van der Waals surface area contributed by atoms with Crippen LogP contribution in [0.3, 0.4) is 0 Å². The van der Waals surface area contributed by atoms with E-state index in [0.29, 0.717) is 12.4 Å². The summed E-state index contributed by atoms with van der Waals surface area (Å²) in [7, 11) is 0.